The lowest BCUT2D eigenvalue weighted by Gasteiger charge is -2.33. The van der Waals surface area contributed by atoms with E-state index in [1.165, 1.54) is 0 Å². The van der Waals surface area contributed by atoms with Crippen molar-refractivity contribution < 1.29 is 9.90 Å². The smallest absolute Gasteiger partial charge is 0.274 e. The molecule has 0 aromatic heterocycles. The number of amides is 1. The molecule has 0 fully saturated rings. The van der Waals surface area contributed by atoms with Gasteiger partial charge in [0.15, 0.2) is 0 Å². The first-order valence-corrected chi connectivity index (χ1v) is 8.95. The Labute approximate surface area is 158 Å². The maximum absolute atomic E-state index is 13.2. The number of phenolic OH excluding ortho intramolecular Hbond substituents is 1. The maximum Gasteiger partial charge on any atom is 0.274 e. The molecule has 0 radical (unpaired) electrons. The van der Waals surface area contributed by atoms with Gasteiger partial charge in [-0.2, -0.15) is 5.10 Å². The third-order valence-electron chi connectivity index (χ3n) is 4.90. The van der Waals surface area contributed by atoms with Crippen LogP contribution < -0.4 is 0 Å². The van der Waals surface area contributed by atoms with E-state index in [9.17, 15) is 9.90 Å². The molecule has 134 valence electrons. The Kier molecular flexibility index (Phi) is 4.47. The molecule has 4 heteroatoms. The Bertz CT molecular complexity index is 1010. The molecule has 1 amide bonds. The summed E-state index contributed by atoms with van der Waals surface area (Å²) in [6.45, 7) is 1.81. The minimum Gasteiger partial charge on any atom is -0.507 e. The Morgan fingerprint density at radius 1 is 0.963 bits per heavy atom. The van der Waals surface area contributed by atoms with Gasteiger partial charge in [0.2, 0.25) is 0 Å². The number of carbonyl (C=O) groups is 1. The number of aromatic hydroxyl groups is 1. The third kappa shape index (κ3) is 3.22. The van der Waals surface area contributed by atoms with Gasteiger partial charge in [-0.3, -0.25) is 4.79 Å². The zero-order chi connectivity index (χ0) is 18.8. The lowest BCUT2D eigenvalue weighted by Crippen LogP contribution is -2.37. The molecule has 1 heterocycles. The fourth-order valence-corrected chi connectivity index (χ4v) is 3.51. The van der Waals surface area contributed by atoms with Gasteiger partial charge >= 0.3 is 0 Å². The van der Waals surface area contributed by atoms with Crippen molar-refractivity contribution >= 4 is 11.6 Å². The van der Waals surface area contributed by atoms with Crippen molar-refractivity contribution in [1.29, 1.82) is 0 Å². The molecule has 1 aliphatic heterocycles. The lowest BCUT2D eigenvalue weighted by atomic mass is 9.90. The van der Waals surface area contributed by atoms with Gasteiger partial charge < -0.3 is 5.11 Å². The first-order valence-electron chi connectivity index (χ1n) is 8.95. The van der Waals surface area contributed by atoms with Crippen LogP contribution in [0.15, 0.2) is 84.0 Å². The van der Waals surface area contributed by atoms with Gasteiger partial charge in [-0.1, -0.05) is 60.7 Å². The number of nitrogens with zero attached hydrogens (tertiary/aromatic N) is 2. The largest absolute Gasteiger partial charge is 0.507 e. The Morgan fingerprint density at radius 3 is 2.41 bits per heavy atom. The molecule has 0 aliphatic carbocycles. The van der Waals surface area contributed by atoms with Crippen LogP contribution in [-0.2, 0) is 6.42 Å². The number of fused-ring (bicyclic) bond motifs is 1. The van der Waals surface area contributed by atoms with Gasteiger partial charge in [0, 0.05) is 11.1 Å². The summed E-state index contributed by atoms with van der Waals surface area (Å²) in [4.78, 5) is 13.2. The van der Waals surface area contributed by atoms with Crippen LogP contribution in [-0.4, -0.2) is 21.7 Å². The molecule has 4 nitrogen and oxygen atoms in total. The molecule has 0 bridgehead atoms. The fraction of sp³-hybridized carbons (Fsp3) is 0.130. The van der Waals surface area contributed by atoms with Crippen LogP contribution in [0.25, 0.3) is 0 Å². The Balaban J connectivity index is 1.81. The summed E-state index contributed by atoms with van der Waals surface area (Å²) in [6.07, 6.45) is 0.698. The summed E-state index contributed by atoms with van der Waals surface area (Å²) in [5.41, 5.74) is 3.97. The summed E-state index contributed by atoms with van der Waals surface area (Å²) in [5.74, 6) is 0.0281. The minimum atomic E-state index is -0.186. The molecule has 1 N–H and O–H groups in total. The minimum absolute atomic E-state index is 0.125. The number of benzene rings is 3. The average Bonchev–Trinajstić information content (AvgIpc) is 2.71. The average molecular weight is 356 g/mol. The molecular weight excluding hydrogens is 336 g/mol. The summed E-state index contributed by atoms with van der Waals surface area (Å²) >= 11 is 0. The highest BCUT2D eigenvalue weighted by atomic mass is 16.3. The normalized spacial score (nSPS) is 16.9. The number of rotatable bonds is 3. The second-order valence-corrected chi connectivity index (χ2v) is 6.64. The quantitative estimate of drug-likeness (QED) is 0.700. The number of hydrazone groups is 1. The molecule has 4 rings (SSSR count). The second-order valence-electron chi connectivity index (χ2n) is 6.64. The predicted octanol–water partition coefficient (Wildman–Crippen LogP) is 4.56. The number of hydrogen-bond acceptors (Lipinski definition) is 3. The Morgan fingerprint density at radius 2 is 1.63 bits per heavy atom. The standard InChI is InChI=1S/C23H20N2O2/c1-16(19-12-7-8-14-22(19)26)24-25-21(17-9-3-2-4-10-17)15-18-11-5-6-13-20(18)23(25)27/h2-14,21,26H,15H2,1H3/b24-16+. The van der Waals surface area contributed by atoms with Crippen LogP contribution in [0.2, 0.25) is 0 Å². The van der Waals surface area contributed by atoms with E-state index in [1.807, 2.05) is 67.6 Å². The molecule has 1 atom stereocenters. The number of phenols is 1. The van der Waals surface area contributed by atoms with Crippen LogP contribution in [0.3, 0.4) is 0 Å². The van der Waals surface area contributed by atoms with Gasteiger partial charge in [0.1, 0.15) is 5.75 Å². The van der Waals surface area contributed by atoms with E-state index in [1.54, 1.807) is 23.2 Å². The lowest BCUT2D eigenvalue weighted by molar-refractivity contribution is 0.0654. The summed E-state index contributed by atoms with van der Waals surface area (Å²) < 4.78 is 0. The van der Waals surface area contributed by atoms with Crippen molar-refractivity contribution in [2.45, 2.75) is 19.4 Å². The molecule has 27 heavy (non-hydrogen) atoms. The van der Waals surface area contributed by atoms with E-state index >= 15 is 0 Å². The highest BCUT2D eigenvalue weighted by Gasteiger charge is 2.33. The predicted molar refractivity (Wildman–Crippen MR) is 106 cm³/mol. The van der Waals surface area contributed by atoms with E-state index in [4.69, 9.17) is 0 Å². The van der Waals surface area contributed by atoms with Crippen LogP contribution in [0.4, 0.5) is 0 Å². The van der Waals surface area contributed by atoms with E-state index < -0.39 is 0 Å². The maximum atomic E-state index is 13.2. The first-order chi connectivity index (χ1) is 13.1. The third-order valence-corrected chi connectivity index (χ3v) is 4.90. The van der Waals surface area contributed by atoms with Crippen molar-refractivity contribution in [3.05, 3.63) is 101 Å². The van der Waals surface area contributed by atoms with E-state index in [0.717, 1.165) is 11.1 Å². The molecular formula is C23H20N2O2. The van der Waals surface area contributed by atoms with Gasteiger partial charge in [0.25, 0.3) is 5.91 Å². The van der Waals surface area contributed by atoms with Gasteiger partial charge in [0.05, 0.1) is 11.8 Å². The van der Waals surface area contributed by atoms with Gasteiger partial charge in [-0.15, -0.1) is 0 Å². The van der Waals surface area contributed by atoms with Crippen LogP contribution in [0, 0.1) is 0 Å². The van der Waals surface area contributed by atoms with Crippen LogP contribution >= 0.6 is 0 Å². The molecule has 0 saturated carbocycles. The van der Waals surface area contributed by atoms with Crippen molar-refractivity contribution in [2.75, 3.05) is 0 Å². The van der Waals surface area contributed by atoms with Crippen molar-refractivity contribution in [3.8, 4) is 5.75 Å². The van der Waals surface area contributed by atoms with Crippen molar-refractivity contribution in [1.82, 2.24) is 5.01 Å². The molecule has 3 aromatic carbocycles. The van der Waals surface area contributed by atoms with Crippen LogP contribution in [0.1, 0.15) is 40.0 Å². The summed E-state index contributed by atoms with van der Waals surface area (Å²) in [5, 5.41) is 16.3. The monoisotopic (exact) mass is 356 g/mol. The molecule has 0 spiro atoms. The molecule has 3 aromatic rings. The number of hydrogen-bond donors (Lipinski definition) is 1. The highest BCUT2D eigenvalue weighted by Crippen LogP contribution is 2.34. The second kappa shape index (κ2) is 7.08. The highest BCUT2D eigenvalue weighted by molar-refractivity contribution is 6.03. The molecule has 1 aliphatic rings. The van der Waals surface area contributed by atoms with Crippen molar-refractivity contribution in [2.24, 2.45) is 5.10 Å². The molecule has 0 saturated heterocycles. The number of carbonyl (C=O) groups excluding carboxylic acids is 1. The first kappa shape index (κ1) is 17.0. The summed E-state index contributed by atoms with van der Waals surface area (Å²) in [6, 6.07) is 24.5. The van der Waals surface area contributed by atoms with E-state index in [2.05, 4.69) is 5.10 Å². The van der Waals surface area contributed by atoms with Crippen molar-refractivity contribution in [3.63, 3.8) is 0 Å². The zero-order valence-corrected chi connectivity index (χ0v) is 15.0. The SMILES string of the molecule is C/C(=N\N1C(=O)c2ccccc2CC1c1ccccc1)c1ccccc1O. The van der Waals surface area contributed by atoms with Gasteiger partial charge in [-0.25, -0.2) is 5.01 Å². The Hall–Kier alpha value is -3.40. The zero-order valence-electron chi connectivity index (χ0n) is 15.0. The number of para-hydroxylation sites is 1. The van der Waals surface area contributed by atoms with Gasteiger partial charge in [-0.05, 0) is 42.7 Å². The van der Waals surface area contributed by atoms with Crippen LogP contribution in [0.5, 0.6) is 5.75 Å². The van der Waals surface area contributed by atoms with E-state index in [-0.39, 0.29) is 17.7 Å². The summed E-state index contributed by atoms with van der Waals surface area (Å²) in [7, 11) is 0. The topological polar surface area (TPSA) is 52.9 Å². The molecule has 1 unspecified atom stereocenters. The fourth-order valence-electron chi connectivity index (χ4n) is 3.51. The van der Waals surface area contributed by atoms with E-state index in [0.29, 0.717) is 23.3 Å².